The Morgan fingerprint density at radius 3 is 2.52 bits per heavy atom. The van der Waals surface area contributed by atoms with E-state index in [0.29, 0.717) is 14.5 Å². The second-order valence-electron chi connectivity index (χ2n) is 4.31. The van der Waals surface area contributed by atoms with Crippen LogP contribution < -0.4 is 4.72 Å². The monoisotopic (exact) mass is 435 g/mol. The molecule has 2 rings (SSSR count). The van der Waals surface area contributed by atoms with E-state index < -0.39 is 10.0 Å². The molecular formula is C14H12Br2FNO2S. The van der Waals surface area contributed by atoms with Gasteiger partial charge in [-0.3, -0.25) is 0 Å². The van der Waals surface area contributed by atoms with Crippen molar-refractivity contribution in [1.82, 2.24) is 4.72 Å². The van der Waals surface area contributed by atoms with Gasteiger partial charge in [0, 0.05) is 15.5 Å². The lowest BCUT2D eigenvalue weighted by molar-refractivity contribution is 0.577. The van der Waals surface area contributed by atoms with Gasteiger partial charge >= 0.3 is 0 Å². The van der Waals surface area contributed by atoms with Crippen LogP contribution in [0.5, 0.6) is 0 Å². The molecule has 2 aromatic rings. The Kier molecular flexibility index (Phi) is 5.54. The molecule has 0 spiro atoms. The molecule has 0 aromatic heterocycles. The lowest BCUT2D eigenvalue weighted by Crippen LogP contribution is -2.26. The lowest BCUT2D eigenvalue weighted by Gasteiger charge is -2.09. The highest BCUT2D eigenvalue weighted by Gasteiger charge is 2.17. The second-order valence-corrected chi connectivity index (χ2v) is 7.82. The molecule has 112 valence electrons. The average Bonchev–Trinajstić information content (AvgIpc) is 2.43. The summed E-state index contributed by atoms with van der Waals surface area (Å²) in [5.41, 5.74) is 0.480. The molecular weight excluding hydrogens is 425 g/mol. The zero-order valence-corrected chi connectivity index (χ0v) is 14.8. The lowest BCUT2D eigenvalue weighted by atomic mass is 10.1. The molecule has 0 saturated heterocycles. The largest absolute Gasteiger partial charge is 0.241 e. The molecule has 1 N–H and O–H groups in total. The van der Waals surface area contributed by atoms with E-state index in [0.717, 1.165) is 0 Å². The van der Waals surface area contributed by atoms with Crippen LogP contribution in [0.3, 0.4) is 0 Å². The Morgan fingerprint density at radius 1 is 1.10 bits per heavy atom. The summed E-state index contributed by atoms with van der Waals surface area (Å²) in [6, 6.07) is 11.2. The number of hydrogen-bond donors (Lipinski definition) is 1. The van der Waals surface area contributed by atoms with Gasteiger partial charge in [-0.25, -0.2) is 17.5 Å². The van der Waals surface area contributed by atoms with Crippen molar-refractivity contribution in [3.63, 3.8) is 0 Å². The number of rotatable bonds is 5. The van der Waals surface area contributed by atoms with Crippen LogP contribution in [0.25, 0.3) is 0 Å². The van der Waals surface area contributed by atoms with Gasteiger partial charge in [0.1, 0.15) is 5.82 Å². The summed E-state index contributed by atoms with van der Waals surface area (Å²) in [5, 5.41) is 0. The van der Waals surface area contributed by atoms with Gasteiger partial charge in [0.15, 0.2) is 0 Å². The molecule has 0 aliphatic carbocycles. The summed E-state index contributed by atoms with van der Waals surface area (Å²) in [6.45, 7) is 0.127. The minimum atomic E-state index is -3.65. The Morgan fingerprint density at radius 2 is 1.81 bits per heavy atom. The standard InChI is InChI=1S/C14H12Br2FNO2S/c15-11-5-6-12(16)14(9-11)21(19,20)18-8-7-10-3-1-2-4-13(10)17/h1-6,9,18H,7-8H2. The van der Waals surface area contributed by atoms with Crippen LogP contribution in [0.1, 0.15) is 5.56 Å². The van der Waals surface area contributed by atoms with Gasteiger partial charge in [0.25, 0.3) is 0 Å². The fourth-order valence-corrected chi connectivity index (χ4v) is 4.31. The van der Waals surface area contributed by atoms with Crippen molar-refractivity contribution in [1.29, 1.82) is 0 Å². The first-order chi connectivity index (χ1) is 9.90. The fourth-order valence-electron chi connectivity index (χ4n) is 1.78. The zero-order valence-electron chi connectivity index (χ0n) is 10.8. The summed E-state index contributed by atoms with van der Waals surface area (Å²) >= 11 is 6.46. The Balaban J connectivity index is 2.08. The highest BCUT2D eigenvalue weighted by Crippen LogP contribution is 2.25. The third-order valence-corrected chi connectivity index (χ3v) is 5.78. The van der Waals surface area contributed by atoms with Crippen LogP contribution >= 0.6 is 31.9 Å². The molecule has 21 heavy (non-hydrogen) atoms. The molecule has 0 atom stereocenters. The third-order valence-electron chi connectivity index (χ3n) is 2.83. The maximum absolute atomic E-state index is 13.5. The molecule has 0 bridgehead atoms. The molecule has 3 nitrogen and oxygen atoms in total. The first-order valence-corrected chi connectivity index (χ1v) is 9.15. The van der Waals surface area contributed by atoms with E-state index in [2.05, 4.69) is 36.6 Å². The van der Waals surface area contributed by atoms with Crippen LogP contribution in [0.15, 0.2) is 56.3 Å². The number of benzene rings is 2. The van der Waals surface area contributed by atoms with Crippen LogP contribution in [0.2, 0.25) is 0 Å². The number of hydrogen-bond acceptors (Lipinski definition) is 2. The second kappa shape index (κ2) is 7.00. The van der Waals surface area contributed by atoms with Crippen molar-refractivity contribution in [2.24, 2.45) is 0 Å². The molecule has 0 fully saturated rings. The maximum atomic E-state index is 13.5. The van der Waals surface area contributed by atoms with Crippen molar-refractivity contribution in [3.05, 3.63) is 62.8 Å². The summed E-state index contributed by atoms with van der Waals surface area (Å²) in [7, 11) is -3.65. The van der Waals surface area contributed by atoms with E-state index in [-0.39, 0.29) is 23.7 Å². The van der Waals surface area contributed by atoms with E-state index in [1.807, 2.05) is 0 Å². The number of nitrogens with one attached hydrogen (secondary N) is 1. The molecule has 2 aromatic carbocycles. The molecule has 0 radical (unpaired) electrons. The molecule has 0 unspecified atom stereocenters. The van der Waals surface area contributed by atoms with Gasteiger partial charge in [-0.15, -0.1) is 0 Å². The van der Waals surface area contributed by atoms with Gasteiger partial charge in [-0.2, -0.15) is 0 Å². The first kappa shape index (κ1) is 16.6. The van der Waals surface area contributed by atoms with Gasteiger partial charge in [0.2, 0.25) is 10.0 Å². The first-order valence-electron chi connectivity index (χ1n) is 6.08. The van der Waals surface area contributed by atoms with Gasteiger partial charge in [-0.1, -0.05) is 34.1 Å². The van der Waals surface area contributed by atoms with E-state index in [1.54, 1.807) is 30.3 Å². The van der Waals surface area contributed by atoms with Crippen molar-refractivity contribution in [3.8, 4) is 0 Å². The Bertz CT molecular complexity index is 750. The van der Waals surface area contributed by atoms with E-state index >= 15 is 0 Å². The summed E-state index contributed by atoms with van der Waals surface area (Å²) in [5.74, 6) is -0.333. The van der Waals surface area contributed by atoms with Gasteiger partial charge in [0.05, 0.1) is 4.90 Å². The number of halogens is 3. The topological polar surface area (TPSA) is 46.2 Å². The highest BCUT2D eigenvalue weighted by atomic mass is 79.9. The van der Waals surface area contributed by atoms with Gasteiger partial charge in [-0.05, 0) is 52.2 Å². The summed E-state index contributed by atoms with van der Waals surface area (Å²) in [4.78, 5) is 0.144. The minimum absolute atomic E-state index is 0.127. The van der Waals surface area contributed by atoms with Crippen molar-refractivity contribution in [2.45, 2.75) is 11.3 Å². The average molecular weight is 437 g/mol. The molecule has 7 heteroatoms. The normalized spacial score (nSPS) is 11.6. The summed E-state index contributed by atoms with van der Waals surface area (Å²) < 4.78 is 41.5. The predicted octanol–water partition coefficient (Wildman–Crippen LogP) is 3.87. The van der Waals surface area contributed by atoms with Crippen LogP contribution in [0, 0.1) is 5.82 Å². The fraction of sp³-hybridized carbons (Fsp3) is 0.143. The van der Waals surface area contributed by atoms with Gasteiger partial charge < -0.3 is 0 Å². The van der Waals surface area contributed by atoms with E-state index in [9.17, 15) is 12.8 Å². The molecule has 0 amide bonds. The van der Waals surface area contributed by atoms with Crippen molar-refractivity contribution >= 4 is 41.9 Å². The smallest absolute Gasteiger partial charge is 0.211 e. The quantitative estimate of drug-likeness (QED) is 0.773. The highest BCUT2D eigenvalue weighted by molar-refractivity contribution is 9.11. The summed E-state index contributed by atoms with van der Waals surface area (Å²) in [6.07, 6.45) is 0.289. The number of sulfonamides is 1. The van der Waals surface area contributed by atoms with Crippen molar-refractivity contribution in [2.75, 3.05) is 6.54 Å². The SMILES string of the molecule is O=S(=O)(NCCc1ccccc1F)c1cc(Br)ccc1Br. The molecule has 0 aliphatic heterocycles. The maximum Gasteiger partial charge on any atom is 0.241 e. The van der Waals surface area contributed by atoms with E-state index in [1.165, 1.54) is 12.1 Å². The van der Waals surface area contributed by atoms with Crippen molar-refractivity contribution < 1.29 is 12.8 Å². The predicted molar refractivity (Wildman–Crippen MR) is 87.1 cm³/mol. The third kappa shape index (κ3) is 4.35. The Labute approximate surface area is 139 Å². The van der Waals surface area contributed by atoms with E-state index in [4.69, 9.17) is 0 Å². The van der Waals surface area contributed by atoms with Crippen LogP contribution in [-0.2, 0) is 16.4 Å². The Hall–Kier alpha value is -0.760. The zero-order chi connectivity index (χ0) is 15.5. The molecule has 0 aliphatic rings. The van der Waals surface area contributed by atoms with Crippen LogP contribution in [0.4, 0.5) is 4.39 Å². The molecule has 0 heterocycles. The van der Waals surface area contributed by atoms with Crippen LogP contribution in [-0.4, -0.2) is 15.0 Å². The molecule has 0 saturated carbocycles. The minimum Gasteiger partial charge on any atom is -0.211 e.